The van der Waals surface area contributed by atoms with Crippen LogP contribution in [0.3, 0.4) is 0 Å². The molecule has 0 saturated heterocycles. The van der Waals surface area contributed by atoms with Crippen molar-refractivity contribution in [3.63, 3.8) is 0 Å². The van der Waals surface area contributed by atoms with Crippen molar-refractivity contribution in [1.29, 1.82) is 0 Å². The number of hydrogen-bond donors (Lipinski definition) is 0. The molecule has 2 heterocycles. The van der Waals surface area contributed by atoms with Crippen LogP contribution in [-0.4, -0.2) is 10.9 Å². The minimum Gasteiger partial charge on any atom is -0.254 e. The third kappa shape index (κ3) is 0.688. The van der Waals surface area contributed by atoms with Gasteiger partial charge >= 0.3 is 0 Å². The zero-order chi connectivity index (χ0) is 6.81. The van der Waals surface area contributed by atoms with Gasteiger partial charge in [0.25, 0.3) is 0 Å². The number of aliphatic imine (C=N–C) groups is 1. The highest BCUT2D eigenvalue weighted by Crippen LogP contribution is 2.17. The smallest absolute Gasteiger partial charge is 0.100 e. The van der Waals surface area contributed by atoms with Crippen LogP contribution >= 0.6 is 0 Å². The van der Waals surface area contributed by atoms with Crippen LogP contribution in [0, 0.1) is 0 Å². The van der Waals surface area contributed by atoms with Crippen molar-refractivity contribution in [3.8, 4) is 0 Å². The Kier molecular flexibility index (Phi) is 1.02. The van der Waals surface area contributed by atoms with Crippen molar-refractivity contribution in [2.24, 2.45) is 4.99 Å². The van der Waals surface area contributed by atoms with Crippen molar-refractivity contribution < 1.29 is 0 Å². The summed E-state index contributed by atoms with van der Waals surface area (Å²) < 4.78 is 0. The van der Waals surface area contributed by atoms with Gasteiger partial charge in [0.1, 0.15) is 5.69 Å². The first-order chi connectivity index (χ1) is 4.97. The molecule has 0 N–H and O–H groups in total. The van der Waals surface area contributed by atoms with E-state index in [4.69, 9.17) is 0 Å². The second-order valence-electron chi connectivity index (χ2n) is 1.92. The maximum absolute atomic E-state index is 4.07. The summed E-state index contributed by atoms with van der Waals surface area (Å²) in [5.74, 6) is 2.62. The van der Waals surface area contributed by atoms with Gasteiger partial charge in [0.2, 0.25) is 0 Å². The van der Waals surface area contributed by atoms with E-state index in [0.29, 0.717) is 0 Å². The second kappa shape index (κ2) is 1.96. The zero-order valence-corrected chi connectivity index (χ0v) is 5.20. The van der Waals surface area contributed by atoms with Crippen molar-refractivity contribution in [1.82, 2.24) is 4.98 Å². The molecule has 0 aromatic carbocycles. The van der Waals surface area contributed by atoms with Crippen LogP contribution in [0.1, 0.15) is 5.69 Å². The lowest BCUT2D eigenvalue weighted by atomic mass is 10.3. The predicted octanol–water partition coefficient (Wildman–Crippen LogP) is 1.56. The highest BCUT2D eigenvalue weighted by Gasteiger charge is 1.97. The van der Waals surface area contributed by atoms with Gasteiger partial charge < -0.3 is 0 Å². The molecule has 0 saturated carbocycles. The molecule has 0 spiro atoms. The highest BCUT2D eigenvalue weighted by molar-refractivity contribution is 5.73. The monoisotopic (exact) mass is 128 g/mol. The van der Waals surface area contributed by atoms with Crippen molar-refractivity contribution in [2.75, 3.05) is 0 Å². The highest BCUT2D eigenvalue weighted by atomic mass is 14.8. The van der Waals surface area contributed by atoms with Crippen LogP contribution < -0.4 is 0 Å². The van der Waals surface area contributed by atoms with Gasteiger partial charge in [0.05, 0.1) is 5.69 Å². The third-order valence-corrected chi connectivity index (χ3v) is 1.27. The summed E-state index contributed by atoms with van der Waals surface area (Å²) in [7, 11) is 0. The molecule has 2 rings (SSSR count). The van der Waals surface area contributed by atoms with Gasteiger partial charge in [0.15, 0.2) is 0 Å². The Morgan fingerprint density at radius 1 is 1.40 bits per heavy atom. The van der Waals surface area contributed by atoms with Crippen LogP contribution in [0.15, 0.2) is 29.1 Å². The zero-order valence-electron chi connectivity index (χ0n) is 5.20. The average molecular weight is 128 g/mol. The molecule has 1 aromatic heterocycles. The number of hydrogen-bond acceptors (Lipinski definition) is 2. The fourth-order valence-corrected chi connectivity index (χ4v) is 0.808. The molecule has 1 aromatic rings. The number of fused-ring (bicyclic) bond motifs is 1. The molecular weight excluding hydrogens is 124 g/mol. The van der Waals surface area contributed by atoms with E-state index in [0.717, 1.165) is 11.4 Å². The summed E-state index contributed by atoms with van der Waals surface area (Å²) >= 11 is 0. The van der Waals surface area contributed by atoms with Gasteiger partial charge in [-0.3, -0.25) is 4.98 Å². The van der Waals surface area contributed by atoms with Crippen LogP contribution in [0.5, 0.6) is 0 Å². The predicted molar refractivity (Wildman–Crippen MR) is 39.3 cm³/mol. The lowest BCUT2D eigenvalue weighted by Crippen LogP contribution is -1.80. The molecular formula is C8H4N2. The molecule has 1 aliphatic rings. The lowest BCUT2D eigenvalue weighted by Gasteiger charge is -1.95. The largest absolute Gasteiger partial charge is 0.254 e. The minimum absolute atomic E-state index is 0.862. The molecule has 0 bridgehead atoms. The Balaban J connectivity index is 2.74. The number of pyridine rings is 1. The molecule has 10 heavy (non-hydrogen) atoms. The van der Waals surface area contributed by atoms with Crippen LogP contribution in [0.4, 0.5) is 5.69 Å². The summed E-state index contributed by atoms with van der Waals surface area (Å²) in [6, 6.07) is 3.75. The molecule has 0 aliphatic carbocycles. The number of aromatic nitrogens is 1. The Morgan fingerprint density at radius 3 is 3.30 bits per heavy atom. The van der Waals surface area contributed by atoms with Gasteiger partial charge in [-0.2, -0.15) is 4.99 Å². The molecule has 0 radical (unpaired) electrons. The summed E-state index contributed by atoms with van der Waals surface area (Å²) in [5, 5.41) is 0. The Morgan fingerprint density at radius 2 is 2.40 bits per heavy atom. The van der Waals surface area contributed by atoms with E-state index >= 15 is 0 Å². The van der Waals surface area contributed by atoms with Gasteiger partial charge in [-0.15, -0.1) is 0 Å². The number of rotatable bonds is 0. The third-order valence-electron chi connectivity index (χ3n) is 1.27. The fourth-order valence-electron chi connectivity index (χ4n) is 0.808. The standard InChI is InChI=1S/C8H4N2/c1-3-7-8(9-5-1)4-2-6-10-7/h1,3-5H. The van der Waals surface area contributed by atoms with Gasteiger partial charge in [-0.05, 0) is 17.9 Å². The van der Waals surface area contributed by atoms with E-state index in [1.54, 1.807) is 12.3 Å². The van der Waals surface area contributed by atoms with Gasteiger partial charge in [0, 0.05) is 18.1 Å². The fraction of sp³-hybridized carbons (Fsp3) is 0. The van der Waals surface area contributed by atoms with E-state index in [1.165, 1.54) is 0 Å². The van der Waals surface area contributed by atoms with Crippen molar-refractivity contribution in [2.45, 2.75) is 0 Å². The summed E-state index contributed by atoms with van der Waals surface area (Å²) in [6.45, 7) is 0. The van der Waals surface area contributed by atoms with Crippen molar-refractivity contribution in [3.05, 3.63) is 29.8 Å². The van der Waals surface area contributed by atoms with E-state index in [2.05, 4.69) is 21.6 Å². The summed E-state index contributed by atoms with van der Waals surface area (Å²) in [4.78, 5) is 8.01. The Hall–Kier alpha value is -1.62. The molecule has 46 valence electrons. The van der Waals surface area contributed by atoms with E-state index in [1.807, 2.05) is 12.1 Å². The van der Waals surface area contributed by atoms with Crippen molar-refractivity contribution >= 4 is 17.6 Å². The normalized spacial score (nSPS) is 11.6. The maximum atomic E-state index is 4.07. The van der Waals surface area contributed by atoms with Crippen LogP contribution in [0.2, 0.25) is 0 Å². The molecule has 0 fully saturated rings. The minimum atomic E-state index is 0.862. The lowest BCUT2D eigenvalue weighted by molar-refractivity contribution is 1.27. The van der Waals surface area contributed by atoms with Crippen LogP contribution in [-0.2, 0) is 0 Å². The molecule has 2 nitrogen and oxygen atoms in total. The van der Waals surface area contributed by atoms with E-state index in [-0.39, 0.29) is 0 Å². The first-order valence-corrected chi connectivity index (χ1v) is 2.96. The summed E-state index contributed by atoms with van der Waals surface area (Å²) in [6.07, 6.45) is 3.50. The first-order valence-electron chi connectivity index (χ1n) is 2.96. The molecule has 2 heteroatoms. The SMILES string of the molecule is C1=C=Nc2cccnc2C=1. The summed E-state index contributed by atoms with van der Waals surface area (Å²) in [5.41, 5.74) is 4.46. The Bertz CT molecular complexity index is 318. The topological polar surface area (TPSA) is 25.2 Å². The van der Waals surface area contributed by atoms with E-state index < -0.39 is 0 Å². The van der Waals surface area contributed by atoms with Crippen LogP contribution in [0.25, 0.3) is 6.08 Å². The maximum Gasteiger partial charge on any atom is 0.100 e. The van der Waals surface area contributed by atoms with Gasteiger partial charge in [-0.25, -0.2) is 0 Å². The molecule has 0 amide bonds. The van der Waals surface area contributed by atoms with Gasteiger partial charge in [-0.1, -0.05) is 0 Å². The number of nitrogens with zero attached hydrogens (tertiary/aromatic N) is 2. The molecule has 0 unspecified atom stereocenters. The van der Waals surface area contributed by atoms with E-state index in [9.17, 15) is 0 Å². The Labute approximate surface area is 58.3 Å². The first kappa shape index (κ1) is 5.19. The quantitative estimate of drug-likeness (QED) is 0.494. The molecule has 0 atom stereocenters. The second-order valence-corrected chi connectivity index (χ2v) is 1.92. The molecule has 1 aliphatic heterocycles. The average Bonchev–Trinajstić information content (AvgIpc) is 2.05.